The largest absolute Gasteiger partial charge is 0.493 e. The van der Waals surface area contributed by atoms with Crippen molar-refractivity contribution in [2.45, 2.75) is 6.92 Å². The zero-order valence-corrected chi connectivity index (χ0v) is 14.9. The second-order valence-electron chi connectivity index (χ2n) is 5.73. The van der Waals surface area contributed by atoms with Crippen molar-refractivity contribution in [3.05, 3.63) is 71.8 Å². The molecular weight excluding hydrogens is 328 g/mol. The fourth-order valence-electron chi connectivity index (χ4n) is 2.74. The van der Waals surface area contributed by atoms with Crippen molar-refractivity contribution in [1.82, 2.24) is 5.43 Å². The fourth-order valence-corrected chi connectivity index (χ4v) is 2.74. The quantitative estimate of drug-likeness (QED) is 0.560. The average molecular weight is 348 g/mol. The van der Waals surface area contributed by atoms with Gasteiger partial charge in [0.1, 0.15) is 0 Å². The van der Waals surface area contributed by atoms with Gasteiger partial charge in [0.15, 0.2) is 11.5 Å². The minimum atomic E-state index is -0.248. The molecule has 0 aromatic heterocycles. The maximum absolute atomic E-state index is 12.6. The molecule has 26 heavy (non-hydrogen) atoms. The van der Waals surface area contributed by atoms with Crippen LogP contribution in [0.4, 0.5) is 0 Å². The lowest BCUT2D eigenvalue weighted by molar-refractivity contribution is 0.0956. The van der Waals surface area contributed by atoms with E-state index in [4.69, 9.17) is 9.47 Å². The van der Waals surface area contributed by atoms with Crippen molar-refractivity contribution in [3.8, 4) is 11.5 Å². The molecule has 0 aliphatic heterocycles. The number of fused-ring (bicyclic) bond motifs is 1. The zero-order valence-electron chi connectivity index (χ0n) is 14.9. The number of nitrogens with zero attached hydrogens (tertiary/aromatic N) is 1. The van der Waals surface area contributed by atoms with E-state index in [9.17, 15) is 4.79 Å². The van der Waals surface area contributed by atoms with E-state index < -0.39 is 0 Å². The SMILES string of the molecule is COc1ccc(C(C)=NNC(=O)c2cccc3ccccc23)cc1OC. The lowest BCUT2D eigenvalue weighted by atomic mass is 10.0. The van der Waals surface area contributed by atoms with Gasteiger partial charge in [0.2, 0.25) is 0 Å². The van der Waals surface area contributed by atoms with Gasteiger partial charge in [-0.15, -0.1) is 0 Å². The van der Waals surface area contributed by atoms with Gasteiger partial charge < -0.3 is 9.47 Å². The predicted octanol–water partition coefficient (Wildman–Crippen LogP) is 4.01. The lowest BCUT2D eigenvalue weighted by Crippen LogP contribution is -2.19. The van der Waals surface area contributed by atoms with Crippen molar-refractivity contribution in [1.29, 1.82) is 0 Å². The normalized spacial score (nSPS) is 11.3. The first-order valence-electron chi connectivity index (χ1n) is 8.19. The minimum Gasteiger partial charge on any atom is -0.493 e. The predicted molar refractivity (Wildman–Crippen MR) is 103 cm³/mol. The van der Waals surface area contributed by atoms with Gasteiger partial charge in [0.05, 0.1) is 19.9 Å². The van der Waals surface area contributed by atoms with Crippen LogP contribution in [0.1, 0.15) is 22.8 Å². The summed E-state index contributed by atoms with van der Waals surface area (Å²) < 4.78 is 10.5. The summed E-state index contributed by atoms with van der Waals surface area (Å²) in [5.74, 6) is 1.00. The van der Waals surface area contributed by atoms with Crippen molar-refractivity contribution in [2.75, 3.05) is 14.2 Å². The van der Waals surface area contributed by atoms with Crippen LogP contribution >= 0.6 is 0 Å². The molecular formula is C21H20N2O3. The summed E-state index contributed by atoms with van der Waals surface area (Å²) >= 11 is 0. The molecule has 0 saturated heterocycles. The van der Waals surface area contributed by atoms with E-state index >= 15 is 0 Å². The molecule has 132 valence electrons. The summed E-state index contributed by atoms with van der Waals surface area (Å²) in [4.78, 5) is 12.6. The third kappa shape index (κ3) is 3.52. The first-order chi connectivity index (χ1) is 12.6. The molecule has 0 saturated carbocycles. The zero-order chi connectivity index (χ0) is 18.5. The molecule has 0 aliphatic carbocycles. The number of carbonyl (C=O) groups is 1. The summed E-state index contributed by atoms with van der Waals surface area (Å²) in [6.07, 6.45) is 0. The van der Waals surface area contributed by atoms with Gasteiger partial charge in [-0.25, -0.2) is 5.43 Å². The van der Waals surface area contributed by atoms with Crippen molar-refractivity contribution < 1.29 is 14.3 Å². The Balaban J connectivity index is 1.83. The highest BCUT2D eigenvalue weighted by Crippen LogP contribution is 2.27. The maximum Gasteiger partial charge on any atom is 0.272 e. The van der Waals surface area contributed by atoms with Crippen LogP contribution in [0.3, 0.4) is 0 Å². The average Bonchev–Trinajstić information content (AvgIpc) is 2.70. The Morgan fingerprint density at radius 3 is 2.42 bits per heavy atom. The van der Waals surface area contributed by atoms with Gasteiger partial charge in [-0.1, -0.05) is 36.4 Å². The van der Waals surface area contributed by atoms with Gasteiger partial charge in [-0.05, 0) is 42.0 Å². The Morgan fingerprint density at radius 1 is 0.923 bits per heavy atom. The molecule has 1 amide bonds. The van der Waals surface area contributed by atoms with E-state index in [0.717, 1.165) is 16.3 Å². The van der Waals surface area contributed by atoms with Gasteiger partial charge in [0, 0.05) is 11.1 Å². The number of rotatable bonds is 5. The van der Waals surface area contributed by atoms with E-state index in [0.29, 0.717) is 22.8 Å². The number of amides is 1. The number of nitrogens with one attached hydrogen (secondary N) is 1. The van der Waals surface area contributed by atoms with Crippen LogP contribution in [0.2, 0.25) is 0 Å². The molecule has 0 aliphatic rings. The minimum absolute atomic E-state index is 0.248. The molecule has 0 unspecified atom stereocenters. The molecule has 0 fully saturated rings. The third-order valence-electron chi connectivity index (χ3n) is 4.16. The molecule has 5 heteroatoms. The number of methoxy groups -OCH3 is 2. The first-order valence-corrected chi connectivity index (χ1v) is 8.19. The third-order valence-corrected chi connectivity index (χ3v) is 4.16. The molecule has 1 N–H and O–H groups in total. The van der Waals surface area contributed by atoms with Crippen molar-refractivity contribution in [2.24, 2.45) is 5.10 Å². The summed E-state index contributed by atoms with van der Waals surface area (Å²) in [7, 11) is 3.17. The first kappa shape index (κ1) is 17.5. The molecule has 0 spiro atoms. The molecule has 0 radical (unpaired) electrons. The van der Waals surface area contributed by atoms with Crippen LogP contribution in [-0.2, 0) is 0 Å². The second-order valence-corrected chi connectivity index (χ2v) is 5.73. The topological polar surface area (TPSA) is 59.9 Å². The van der Waals surface area contributed by atoms with Crippen LogP contribution in [0.25, 0.3) is 10.8 Å². The number of hydrogen-bond acceptors (Lipinski definition) is 4. The van der Waals surface area contributed by atoms with Crippen LogP contribution in [0, 0.1) is 0 Å². The molecule has 3 aromatic carbocycles. The van der Waals surface area contributed by atoms with Crippen LogP contribution < -0.4 is 14.9 Å². The summed E-state index contributed by atoms with van der Waals surface area (Å²) in [5, 5.41) is 6.14. The lowest BCUT2D eigenvalue weighted by Gasteiger charge is -2.10. The molecule has 3 rings (SSSR count). The van der Waals surface area contributed by atoms with E-state index in [-0.39, 0.29) is 5.91 Å². The fraction of sp³-hybridized carbons (Fsp3) is 0.143. The monoisotopic (exact) mass is 348 g/mol. The smallest absolute Gasteiger partial charge is 0.272 e. The standard InChI is InChI=1S/C21H20N2O3/c1-14(16-11-12-19(25-2)20(13-16)26-3)22-23-21(24)18-10-6-8-15-7-4-5-9-17(15)18/h4-13H,1-3H3,(H,23,24). The number of carbonyl (C=O) groups excluding carboxylic acids is 1. The van der Waals surface area contributed by atoms with Crippen molar-refractivity contribution in [3.63, 3.8) is 0 Å². The van der Waals surface area contributed by atoms with Crippen LogP contribution in [-0.4, -0.2) is 25.8 Å². The van der Waals surface area contributed by atoms with Crippen LogP contribution in [0.5, 0.6) is 11.5 Å². The highest BCUT2D eigenvalue weighted by atomic mass is 16.5. The Morgan fingerprint density at radius 2 is 1.65 bits per heavy atom. The van der Waals surface area contributed by atoms with E-state index in [2.05, 4.69) is 10.5 Å². The highest BCUT2D eigenvalue weighted by molar-refractivity contribution is 6.08. The molecule has 0 heterocycles. The summed E-state index contributed by atoms with van der Waals surface area (Å²) in [5.41, 5.74) is 4.72. The Bertz CT molecular complexity index is 975. The molecule has 5 nitrogen and oxygen atoms in total. The number of benzene rings is 3. The van der Waals surface area contributed by atoms with Crippen molar-refractivity contribution >= 4 is 22.4 Å². The van der Waals surface area contributed by atoms with E-state index in [1.807, 2.05) is 55.5 Å². The van der Waals surface area contributed by atoms with E-state index in [1.54, 1.807) is 26.4 Å². The summed E-state index contributed by atoms with van der Waals surface area (Å²) in [6, 6.07) is 18.9. The van der Waals surface area contributed by atoms with E-state index in [1.165, 1.54) is 0 Å². The molecule has 0 atom stereocenters. The number of ether oxygens (including phenoxy) is 2. The van der Waals surface area contributed by atoms with Gasteiger partial charge in [0.25, 0.3) is 5.91 Å². The maximum atomic E-state index is 12.6. The van der Waals surface area contributed by atoms with Gasteiger partial charge >= 0.3 is 0 Å². The number of hydrazone groups is 1. The molecule has 0 bridgehead atoms. The second kappa shape index (κ2) is 7.70. The Hall–Kier alpha value is -3.34. The Labute approximate surface area is 152 Å². The number of hydrogen-bond donors (Lipinski definition) is 1. The highest BCUT2D eigenvalue weighted by Gasteiger charge is 2.10. The molecule has 3 aromatic rings. The van der Waals surface area contributed by atoms with Gasteiger partial charge in [-0.2, -0.15) is 5.10 Å². The summed E-state index contributed by atoms with van der Waals surface area (Å²) in [6.45, 7) is 1.82. The van der Waals surface area contributed by atoms with Gasteiger partial charge in [-0.3, -0.25) is 4.79 Å². The van der Waals surface area contributed by atoms with Crippen LogP contribution in [0.15, 0.2) is 65.8 Å². The Kier molecular flexibility index (Phi) is 5.17.